The SMILES string of the molecule is CN=C(NCC1CCN(C2CC2)C1)NC1CCN(c2cccs2)CC1. The van der Waals surface area contributed by atoms with Gasteiger partial charge in [-0.25, -0.2) is 0 Å². The number of guanidine groups is 1. The fourth-order valence-electron chi connectivity index (χ4n) is 4.12. The van der Waals surface area contributed by atoms with Gasteiger partial charge >= 0.3 is 0 Å². The number of hydrogen-bond donors (Lipinski definition) is 2. The smallest absolute Gasteiger partial charge is 0.191 e. The van der Waals surface area contributed by atoms with Crippen LogP contribution in [0.25, 0.3) is 0 Å². The zero-order chi connectivity index (χ0) is 17.1. The molecule has 1 aliphatic carbocycles. The average molecular weight is 362 g/mol. The van der Waals surface area contributed by atoms with Crippen molar-refractivity contribution in [1.82, 2.24) is 15.5 Å². The van der Waals surface area contributed by atoms with Crippen molar-refractivity contribution in [1.29, 1.82) is 0 Å². The molecular weight excluding hydrogens is 330 g/mol. The second-order valence-electron chi connectivity index (χ2n) is 7.69. The lowest BCUT2D eigenvalue weighted by Crippen LogP contribution is -2.49. The lowest BCUT2D eigenvalue weighted by molar-refractivity contribution is 0.314. The summed E-state index contributed by atoms with van der Waals surface area (Å²) in [7, 11) is 1.89. The van der Waals surface area contributed by atoms with E-state index in [0.717, 1.165) is 37.6 Å². The van der Waals surface area contributed by atoms with Crippen LogP contribution in [0.3, 0.4) is 0 Å². The standard InChI is InChI=1S/C19H31N5S/c1-20-19(21-13-15-6-9-24(14-15)17-4-5-17)22-16-7-10-23(11-8-16)18-3-2-12-25-18/h2-3,12,15-17H,4-11,13-14H2,1H3,(H2,20,21,22). The number of hydrogen-bond acceptors (Lipinski definition) is 4. The lowest BCUT2D eigenvalue weighted by atomic mass is 10.1. The van der Waals surface area contributed by atoms with Gasteiger partial charge in [0.15, 0.2) is 5.96 Å². The first-order valence-corrected chi connectivity index (χ1v) is 10.7. The Morgan fingerprint density at radius 1 is 1.20 bits per heavy atom. The Morgan fingerprint density at radius 2 is 2.04 bits per heavy atom. The van der Waals surface area contributed by atoms with Crippen molar-refractivity contribution in [3.8, 4) is 0 Å². The van der Waals surface area contributed by atoms with Gasteiger partial charge in [-0.05, 0) is 62.1 Å². The summed E-state index contributed by atoms with van der Waals surface area (Å²) >= 11 is 1.84. The number of piperidine rings is 1. The minimum atomic E-state index is 0.536. The summed E-state index contributed by atoms with van der Waals surface area (Å²) in [5, 5.41) is 10.8. The van der Waals surface area contributed by atoms with Gasteiger partial charge in [0.2, 0.25) is 0 Å². The minimum Gasteiger partial charge on any atom is -0.363 e. The van der Waals surface area contributed by atoms with E-state index in [1.165, 1.54) is 50.2 Å². The van der Waals surface area contributed by atoms with Crippen LogP contribution in [-0.4, -0.2) is 62.7 Å². The lowest BCUT2D eigenvalue weighted by Gasteiger charge is -2.33. The highest BCUT2D eigenvalue weighted by Crippen LogP contribution is 2.31. The third-order valence-electron chi connectivity index (χ3n) is 5.82. The molecule has 1 saturated carbocycles. The second-order valence-corrected chi connectivity index (χ2v) is 8.62. The number of nitrogens with zero attached hydrogens (tertiary/aromatic N) is 3. The summed E-state index contributed by atoms with van der Waals surface area (Å²) in [5.41, 5.74) is 0. The topological polar surface area (TPSA) is 42.9 Å². The van der Waals surface area contributed by atoms with Crippen LogP contribution in [0, 0.1) is 5.92 Å². The van der Waals surface area contributed by atoms with Crippen LogP contribution in [0.5, 0.6) is 0 Å². The van der Waals surface area contributed by atoms with Crippen molar-refractivity contribution in [3.63, 3.8) is 0 Å². The Hall–Kier alpha value is -1.27. The number of thiophene rings is 1. The van der Waals surface area contributed by atoms with Gasteiger partial charge in [0, 0.05) is 45.3 Å². The van der Waals surface area contributed by atoms with E-state index in [0.29, 0.717) is 6.04 Å². The predicted octanol–water partition coefficient (Wildman–Crippen LogP) is 2.37. The van der Waals surface area contributed by atoms with Gasteiger partial charge in [0.05, 0.1) is 5.00 Å². The van der Waals surface area contributed by atoms with Crippen molar-refractivity contribution in [2.24, 2.45) is 10.9 Å². The largest absolute Gasteiger partial charge is 0.363 e. The Labute approximate surface area is 155 Å². The summed E-state index contributed by atoms with van der Waals surface area (Å²) in [5.74, 6) is 1.76. The highest BCUT2D eigenvalue weighted by Gasteiger charge is 2.34. The maximum absolute atomic E-state index is 4.45. The number of rotatable bonds is 5. The molecule has 4 rings (SSSR count). The molecule has 138 valence electrons. The molecule has 2 N–H and O–H groups in total. The van der Waals surface area contributed by atoms with Crippen molar-refractivity contribution >= 4 is 22.3 Å². The molecule has 1 unspecified atom stereocenters. The third kappa shape index (κ3) is 4.47. The van der Waals surface area contributed by atoms with Crippen molar-refractivity contribution in [3.05, 3.63) is 17.5 Å². The number of likely N-dealkylation sites (tertiary alicyclic amines) is 1. The molecule has 1 atom stereocenters. The maximum atomic E-state index is 4.45. The van der Waals surface area contributed by atoms with Crippen molar-refractivity contribution in [2.45, 2.75) is 44.2 Å². The van der Waals surface area contributed by atoms with Gasteiger partial charge in [0.1, 0.15) is 0 Å². The van der Waals surface area contributed by atoms with E-state index in [9.17, 15) is 0 Å². The van der Waals surface area contributed by atoms with Gasteiger partial charge in [0.25, 0.3) is 0 Å². The summed E-state index contributed by atoms with van der Waals surface area (Å²) in [6.07, 6.45) is 6.54. The fraction of sp³-hybridized carbons (Fsp3) is 0.737. The first kappa shape index (κ1) is 17.2. The molecule has 5 nitrogen and oxygen atoms in total. The predicted molar refractivity (Wildman–Crippen MR) is 107 cm³/mol. The first-order valence-electron chi connectivity index (χ1n) is 9.81. The van der Waals surface area contributed by atoms with Crippen LogP contribution < -0.4 is 15.5 Å². The zero-order valence-corrected chi connectivity index (χ0v) is 16.1. The molecule has 1 aromatic rings. The molecular formula is C19H31N5S. The van der Waals surface area contributed by atoms with E-state index in [1.54, 1.807) is 0 Å². The molecule has 2 saturated heterocycles. The van der Waals surface area contributed by atoms with Gasteiger partial charge in [-0.3, -0.25) is 4.99 Å². The molecule has 6 heteroatoms. The van der Waals surface area contributed by atoms with E-state index < -0.39 is 0 Å². The van der Waals surface area contributed by atoms with Crippen LogP contribution >= 0.6 is 11.3 Å². The summed E-state index contributed by atoms with van der Waals surface area (Å²) in [6, 6.07) is 5.82. The summed E-state index contributed by atoms with van der Waals surface area (Å²) < 4.78 is 0. The van der Waals surface area contributed by atoms with Gasteiger partial charge < -0.3 is 20.4 Å². The molecule has 0 amide bonds. The molecule has 0 spiro atoms. The molecule has 0 radical (unpaired) electrons. The molecule has 0 bridgehead atoms. The van der Waals surface area contributed by atoms with E-state index >= 15 is 0 Å². The Morgan fingerprint density at radius 3 is 2.72 bits per heavy atom. The van der Waals surface area contributed by atoms with Crippen LogP contribution in [-0.2, 0) is 0 Å². The highest BCUT2D eigenvalue weighted by molar-refractivity contribution is 7.14. The van der Waals surface area contributed by atoms with E-state index in [2.05, 4.69) is 42.9 Å². The Kier molecular flexibility index (Phi) is 5.46. The van der Waals surface area contributed by atoms with Crippen molar-refractivity contribution in [2.75, 3.05) is 44.7 Å². The number of anilines is 1. The second kappa shape index (κ2) is 7.96. The molecule has 3 heterocycles. The monoisotopic (exact) mass is 361 g/mol. The summed E-state index contributed by atoms with van der Waals surface area (Å²) in [6.45, 7) is 5.89. The van der Waals surface area contributed by atoms with E-state index in [-0.39, 0.29) is 0 Å². The minimum absolute atomic E-state index is 0.536. The molecule has 3 aliphatic rings. The fourth-order valence-corrected chi connectivity index (χ4v) is 4.91. The van der Waals surface area contributed by atoms with Crippen LogP contribution in [0.4, 0.5) is 5.00 Å². The highest BCUT2D eigenvalue weighted by atomic mass is 32.1. The molecule has 3 fully saturated rings. The maximum Gasteiger partial charge on any atom is 0.191 e. The Bertz CT molecular complexity index is 560. The van der Waals surface area contributed by atoms with Crippen LogP contribution in [0.15, 0.2) is 22.5 Å². The molecule has 25 heavy (non-hydrogen) atoms. The average Bonchev–Trinajstić information content (AvgIpc) is 3.15. The third-order valence-corrected chi connectivity index (χ3v) is 6.74. The van der Waals surface area contributed by atoms with Crippen LogP contribution in [0.2, 0.25) is 0 Å². The van der Waals surface area contributed by atoms with Gasteiger partial charge in [-0.15, -0.1) is 11.3 Å². The zero-order valence-electron chi connectivity index (χ0n) is 15.3. The van der Waals surface area contributed by atoms with Crippen molar-refractivity contribution < 1.29 is 0 Å². The van der Waals surface area contributed by atoms with E-state index in [4.69, 9.17) is 0 Å². The van der Waals surface area contributed by atoms with Crippen LogP contribution in [0.1, 0.15) is 32.1 Å². The Balaban J connectivity index is 1.18. The first-order chi connectivity index (χ1) is 12.3. The molecule has 2 aliphatic heterocycles. The van der Waals surface area contributed by atoms with E-state index in [1.807, 2.05) is 18.4 Å². The molecule has 0 aromatic carbocycles. The number of nitrogens with one attached hydrogen (secondary N) is 2. The summed E-state index contributed by atoms with van der Waals surface area (Å²) in [4.78, 5) is 9.64. The van der Waals surface area contributed by atoms with Gasteiger partial charge in [-0.2, -0.15) is 0 Å². The quantitative estimate of drug-likeness (QED) is 0.624. The molecule has 1 aromatic heterocycles. The van der Waals surface area contributed by atoms with Gasteiger partial charge in [-0.1, -0.05) is 0 Å². The normalized spacial score (nSPS) is 26.2. The number of aliphatic imine (C=N–C) groups is 1.